The van der Waals surface area contributed by atoms with Crippen LogP contribution in [0, 0.1) is 0 Å². The minimum absolute atomic E-state index is 0.120. The minimum Gasteiger partial charge on any atom is -0.469 e. The van der Waals surface area contributed by atoms with E-state index in [-0.39, 0.29) is 5.97 Å². The summed E-state index contributed by atoms with van der Waals surface area (Å²) >= 11 is 1.97. The molecule has 1 fully saturated rings. The molecule has 1 aliphatic rings. The zero-order valence-electron chi connectivity index (χ0n) is 11.8. The summed E-state index contributed by atoms with van der Waals surface area (Å²) in [6.45, 7) is 2.81. The SMILES string of the molecule is COC(=O)CCCCCCN=C(N)N1CCSCC1. The topological polar surface area (TPSA) is 67.9 Å². The standard InChI is InChI=1S/C13H25N3O2S/c1-18-12(17)6-4-2-3-5-7-15-13(14)16-8-10-19-11-9-16/h2-11H2,1H3,(H2,14,15). The van der Waals surface area contributed by atoms with Gasteiger partial charge in [-0.1, -0.05) is 12.8 Å². The molecule has 1 heterocycles. The van der Waals surface area contributed by atoms with E-state index in [2.05, 4.69) is 14.6 Å². The van der Waals surface area contributed by atoms with Crippen molar-refractivity contribution in [2.24, 2.45) is 10.7 Å². The summed E-state index contributed by atoms with van der Waals surface area (Å²) < 4.78 is 4.59. The van der Waals surface area contributed by atoms with Gasteiger partial charge in [0.1, 0.15) is 0 Å². The molecule has 19 heavy (non-hydrogen) atoms. The molecule has 2 N–H and O–H groups in total. The van der Waals surface area contributed by atoms with Crippen LogP contribution in [0.1, 0.15) is 32.1 Å². The number of carbonyl (C=O) groups excluding carboxylic acids is 1. The van der Waals surface area contributed by atoms with E-state index in [4.69, 9.17) is 5.73 Å². The van der Waals surface area contributed by atoms with E-state index >= 15 is 0 Å². The second-order valence-electron chi connectivity index (χ2n) is 4.58. The number of methoxy groups -OCH3 is 1. The molecule has 0 aliphatic carbocycles. The first-order valence-electron chi connectivity index (χ1n) is 6.93. The number of carbonyl (C=O) groups is 1. The van der Waals surface area contributed by atoms with E-state index in [1.807, 2.05) is 11.8 Å². The quantitative estimate of drug-likeness (QED) is 0.332. The molecule has 110 valence electrons. The molecule has 0 amide bonds. The molecule has 0 unspecified atom stereocenters. The van der Waals surface area contributed by atoms with Crippen LogP contribution in [0.4, 0.5) is 0 Å². The number of hydrogen-bond acceptors (Lipinski definition) is 4. The molecular formula is C13H25N3O2S. The van der Waals surface area contributed by atoms with Crippen LogP contribution in [-0.4, -0.2) is 55.1 Å². The van der Waals surface area contributed by atoms with Crippen molar-refractivity contribution >= 4 is 23.7 Å². The maximum Gasteiger partial charge on any atom is 0.305 e. The largest absolute Gasteiger partial charge is 0.469 e. The molecule has 0 aromatic heterocycles. The Hall–Kier alpha value is -0.910. The number of nitrogens with two attached hydrogens (primary N) is 1. The zero-order chi connectivity index (χ0) is 13.9. The lowest BCUT2D eigenvalue weighted by molar-refractivity contribution is -0.140. The third kappa shape index (κ3) is 7.30. The number of unbranched alkanes of at least 4 members (excludes halogenated alkanes) is 3. The molecule has 0 aromatic carbocycles. The first-order chi connectivity index (χ1) is 9.24. The first kappa shape index (κ1) is 16.1. The number of rotatable bonds is 7. The van der Waals surface area contributed by atoms with Gasteiger partial charge < -0.3 is 15.4 Å². The number of guanidine groups is 1. The fourth-order valence-corrected chi connectivity index (χ4v) is 2.83. The van der Waals surface area contributed by atoms with Gasteiger partial charge in [0.2, 0.25) is 0 Å². The molecule has 0 saturated carbocycles. The van der Waals surface area contributed by atoms with Gasteiger partial charge in [-0.3, -0.25) is 9.79 Å². The van der Waals surface area contributed by atoms with E-state index in [1.165, 1.54) is 7.11 Å². The fraction of sp³-hybridized carbons (Fsp3) is 0.846. The maximum absolute atomic E-state index is 10.9. The molecule has 0 radical (unpaired) electrons. The van der Waals surface area contributed by atoms with E-state index < -0.39 is 0 Å². The maximum atomic E-state index is 10.9. The molecule has 1 aliphatic heterocycles. The van der Waals surface area contributed by atoms with Crippen molar-refractivity contribution < 1.29 is 9.53 Å². The Morgan fingerprint density at radius 2 is 1.95 bits per heavy atom. The number of nitrogens with zero attached hydrogens (tertiary/aromatic N) is 2. The van der Waals surface area contributed by atoms with Gasteiger partial charge in [-0.25, -0.2) is 0 Å². The third-order valence-corrected chi connectivity index (χ3v) is 4.07. The minimum atomic E-state index is -0.120. The molecule has 0 aromatic rings. The summed E-state index contributed by atoms with van der Waals surface area (Å²) in [7, 11) is 1.43. The van der Waals surface area contributed by atoms with Crippen LogP contribution < -0.4 is 5.73 Å². The van der Waals surface area contributed by atoms with Crippen molar-refractivity contribution in [1.29, 1.82) is 0 Å². The molecule has 0 atom stereocenters. The summed E-state index contributed by atoms with van der Waals surface area (Å²) in [6, 6.07) is 0. The number of hydrogen-bond donors (Lipinski definition) is 1. The average Bonchev–Trinajstić information content (AvgIpc) is 2.46. The Bertz CT molecular complexity index is 292. The van der Waals surface area contributed by atoms with Crippen LogP contribution in [-0.2, 0) is 9.53 Å². The highest BCUT2D eigenvalue weighted by atomic mass is 32.2. The normalized spacial score (nSPS) is 16.5. The summed E-state index contributed by atoms with van der Waals surface area (Å²) in [5.74, 6) is 2.85. The van der Waals surface area contributed by atoms with E-state index in [0.717, 1.165) is 56.8 Å². The smallest absolute Gasteiger partial charge is 0.305 e. The van der Waals surface area contributed by atoms with Crippen LogP contribution in [0.5, 0.6) is 0 Å². The van der Waals surface area contributed by atoms with Gasteiger partial charge in [0.15, 0.2) is 5.96 Å². The molecular weight excluding hydrogens is 262 g/mol. The van der Waals surface area contributed by atoms with Gasteiger partial charge in [0.25, 0.3) is 0 Å². The Kier molecular flexibility index (Phi) is 8.45. The second kappa shape index (κ2) is 9.95. The number of aliphatic imine (C=N–C) groups is 1. The highest BCUT2D eigenvalue weighted by Crippen LogP contribution is 2.09. The zero-order valence-corrected chi connectivity index (χ0v) is 12.6. The van der Waals surface area contributed by atoms with E-state index in [1.54, 1.807) is 0 Å². The second-order valence-corrected chi connectivity index (χ2v) is 5.80. The number of esters is 1. The summed E-state index contributed by atoms with van der Waals surface area (Å²) in [5, 5.41) is 0. The molecule has 5 nitrogen and oxygen atoms in total. The lowest BCUT2D eigenvalue weighted by atomic mass is 10.1. The number of thioether (sulfide) groups is 1. The van der Waals surface area contributed by atoms with Gasteiger partial charge >= 0.3 is 5.97 Å². The van der Waals surface area contributed by atoms with Crippen molar-refractivity contribution in [2.45, 2.75) is 32.1 Å². The Labute approximate surface area is 120 Å². The van der Waals surface area contributed by atoms with Crippen LogP contribution in [0.2, 0.25) is 0 Å². The fourth-order valence-electron chi connectivity index (χ4n) is 1.92. The monoisotopic (exact) mass is 287 g/mol. The Morgan fingerprint density at radius 1 is 1.26 bits per heavy atom. The predicted molar refractivity (Wildman–Crippen MR) is 80.5 cm³/mol. The van der Waals surface area contributed by atoms with Gasteiger partial charge in [-0.15, -0.1) is 0 Å². The summed E-state index contributed by atoms with van der Waals surface area (Å²) in [6.07, 6.45) is 4.58. The highest BCUT2D eigenvalue weighted by Gasteiger charge is 2.11. The van der Waals surface area contributed by atoms with Crippen LogP contribution in [0.15, 0.2) is 4.99 Å². The molecule has 1 saturated heterocycles. The van der Waals surface area contributed by atoms with Gasteiger partial charge in [0, 0.05) is 37.6 Å². The average molecular weight is 287 g/mol. The summed E-state index contributed by atoms with van der Waals surface area (Å²) in [5.41, 5.74) is 5.95. The van der Waals surface area contributed by atoms with Crippen LogP contribution >= 0.6 is 11.8 Å². The van der Waals surface area contributed by atoms with E-state index in [0.29, 0.717) is 12.4 Å². The Morgan fingerprint density at radius 3 is 2.63 bits per heavy atom. The predicted octanol–water partition coefficient (Wildman–Crippen LogP) is 1.47. The van der Waals surface area contributed by atoms with Gasteiger partial charge in [0.05, 0.1) is 7.11 Å². The van der Waals surface area contributed by atoms with Crippen LogP contribution in [0.25, 0.3) is 0 Å². The van der Waals surface area contributed by atoms with Gasteiger partial charge in [-0.2, -0.15) is 11.8 Å². The van der Waals surface area contributed by atoms with E-state index in [9.17, 15) is 4.79 Å². The third-order valence-electron chi connectivity index (χ3n) is 3.13. The van der Waals surface area contributed by atoms with Crippen LogP contribution in [0.3, 0.4) is 0 Å². The van der Waals surface area contributed by atoms with Gasteiger partial charge in [-0.05, 0) is 12.8 Å². The lowest BCUT2D eigenvalue weighted by Gasteiger charge is -2.27. The van der Waals surface area contributed by atoms with Crippen molar-refractivity contribution in [2.75, 3.05) is 38.2 Å². The highest BCUT2D eigenvalue weighted by molar-refractivity contribution is 7.99. The number of ether oxygens (including phenoxy) is 1. The van der Waals surface area contributed by atoms with Crippen molar-refractivity contribution in [1.82, 2.24) is 4.90 Å². The first-order valence-corrected chi connectivity index (χ1v) is 8.09. The lowest BCUT2D eigenvalue weighted by Crippen LogP contribution is -2.42. The Balaban J connectivity index is 2.01. The molecule has 0 bridgehead atoms. The molecule has 0 spiro atoms. The van der Waals surface area contributed by atoms with Crippen molar-refractivity contribution in [3.63, 3.8) is 0 Å². The van der Waals surface area contributed by atoms with Crippen molar-refractivity contribution in [3.8, 4) is 0 Å². The van der Waals surface area contributed by atoms with Crippen molar-refractivity contribution in [3.05, 3.63) is 0 Å². The molecule has 1 rings (SSSR count). The summed E-state index contributed by atoms with van der Waals surface area (Å²) in [4.78, 5) is 17.5. The molecule has 6 heteroatoms.